The molecule has 1 aliphatic carbocycles. The predicted octanol–water partition coefficient (Wildman–Crippen LogP) is 4.52. The van der Waals surface area contributed by atoms with E-state index < -0.39 is 0 Å². The van der Waals surface area contributed by atoms with Gasteiger partial charge in [0.05, 0.1) is 0 Å². The third-order valence-corrected chi connectivity index (χ3v) is 4.65. The van der Waals surface area contributed by atoms with E-state index >= 15 is 0 Å². The summed E-state index contributed by atoms with van der Waals surface area (Å²) in [6.45, 7) is 9.10. The highest BCUT2D eigenvalue weighted by Gasteiger charge is 2.36. The number of hydrogen-bond donors (Lipinski definition) is 1. The summed E-state index contributed by atoms with van der Waals surface area (Å²) in [5.41, 5.74) is 10.9. The smallest absolute Gasteiger partial charge is 0.0328 e. The zero-order chi connectivity index (χ0) is 13.3. The van der Waals surface area contributed by atoms with Gasteiger partial charge in [-0.25, -0.2) is 0 Å². The first-order valence-corrected chi connectivity index (χ1v) is 7.24. The maximum atomic E-state index is 6.58. The van der Waals surface area contributed by atoms with Gasteiger partial charge in [0.25, 0.3) is 0 Å². The molecule has 0 aliphatic heterocycles. The maximum Gasteiger partial charge on any atom is 0.0328 e. The number of benzene rings is 1. The second kappa shape index (κ2) is 5.05. The van der Waals surface area contributed by atoms with Gasteiger partial charge in [0.1, 0.15) is 0 Å². The van der Waals surface area contributed by atoms with E-state index in [1.54, 1.807) is 0 Å². The molecular formula is C17H27N. The molecule has 1 saturated carbocycles. The molecule has 1 aromatic rings. The highest BCUT2D eigenvalue weighted by Crippen LogP contribution is 2.46. The van der Waals surface area contributed by atoms with E-state index in [1.165, 1.54) is 42.4 Å². The van der Waals surface area contributed by atoms with Crippen LogP contribution in [0.5, 0.6) is 0 Å². The van der Waals surface area contributed by atoms with Gasteiger partial charge in [0.15, 0.2) is 0 Å². The molecule has 0 spiro atoms. The average molecular weight is 245 g/mol. The van der Waals surface area contributed by atoms with Gasteiger partial charge in [-0.05, 0) is 43.6 Å². The van der Waals surface area contributed by atoms with Gasteiger partial charge in [-0.15, -0.1) is 0 Å². The monoisotopic (exact) mass is 245 g/mol. The van der Waals surface area contributed by atoms with E-state index in [4.69, 9.17) is 5.73 Å². The summed E-state index contributed by atoms with van der Waals surface area (Å²) in [6.07, 6.45) is 5.30. The number of rotatable bonds is 2. The lowest BCUT2D eigenvalue weighted by Crippen LogP contribution is -2.36. The fourth-order valence-electron chi connectivity index (χ4n) is 3.62. The lowest BCUT2D eigenvalue weighted by molar-refractivity contribution is 0.112. The predicted molar refractivity (Wildman–Crippen MR) is 78.6 cm³/mol. The molecule has 18 heavy (non-hydrogen) atoms. The zero-order valence-electron chi connectivity index (χ0n) is 12.3. The molecule has 1 heteroatoms. The number of aryl methyl sites for hydroxylation is 2. The second-order valence-electron chi connectivity index (χ2n) is 6.79. The summed E-state index contributed by atoms with van der Waals surface area (Å²) in [5, 5.41) is 0. The van der Waals surface area contributed by atoms with Crippen molar-refractivity contribution in [2.24, 2.45) is 17.1 Å². The van der Waals surface area contributed by atoms with Crippen LogP contribution in [-0.4, -0.2) is 0 Å². The number of hydrogen-bond acceptors (Lipinski definition) is 1. The minimum atomic E-state index is 0.193. The quantitative estimate of drug-likeness (QED) is 0.814. The van der Waals surface area contributed by atoms with Crippen molar-refractivity contribution in [1.82, 2.24) is 0 Å². The Morgan fingerprint density at radius 1 is 1.11 bits per heavy atom. The van der Waals surface area contributed by atoms with Crippen LogP contribution < -0.4 is 5.73 Å². The molecule has 0 heterocycles. The molecular weight excluding hydrogens is 218 g/mol. The van der Waals surface area contributed by atoms with Gasteiger partial charge in [0, 0.05) is 6.04 Å². The van der Waals surface area contributed by atoms with Gasteiger partial charge < -0.3 is 5.73 Å². The van der Waals surface area contributed by atoms with Crippen molar-refractivity contribution in [2.75, 3.05) is 0 Å². The average Bonchev–Trinajstić information content (AvgIpc) is 2.26. The van der Waals surface area contributed by atoms with E-state index in [0.717, 1.165) is 0 Å². The summed E-state index contributed by atoms with van der Waals surface area (Å²) in [7, 11) is 0. The van der Waals surface area contributed by atoms with Crippen LogP contribution in [0.4, 0.5) is 0 Å². The van der Waals surface area contributed by atoms with Crippen molar-refractivity contribution >= 4 is 0 Å². The molecule has 0 saturated heterocycles. The van der Waals surface area contributed by atoms with Crippen LogP contribution in [0.3, 0.4) is 0 Å². The van der Waals surface area contributed by atoms with Crippen molar-refractivity contribution < 1.29 is 0 Å². The maximum absolute atomic E-state index is 6.58. The lowest BCUT2D eigenvalue weighted by Gasteiger charge is -2.42. The number of nitrogens with two attached hydrogens (primary N) is 1. The summed E-state index contributed by atoms with van der Waals surface area (Å²) in [4.78, 5) is 0. The van der Waals surface area contributed by atoms with Crippen LogP contribution in [0.25, 0.3) is 0 Å². The largest absolute Gasteiger partial charge is 0.324 e. The van der Waals surface area contributed by atoms with Crippen LogP contribution in [0.2, 0.25) is 0 Å². The summed E-state index contributed by atoms with van der Waals surface area (Å²) < 4.78 is 0. The van der Waals surface area contributed by atoms with E-state index in [9.17, 15) is 0 Å². The topological polar surface area (TPSA) is 26.0 Å². The fraction of sp³-hybridized carbons (Fsp3) is 0.647. The molecule has 0 radical (unpaired) electrons. The Kier molecular flexibility index (Phi) is 3.82. The molecule has 0 aromatic heterocycles. The fourth-order valence-corrected chi connectivity index (χ4v) is 3.62. The highest BCUT2D eigenvalue weighted by atomic mass is 14.7. The highest BCUT2D eigenvalue weighted by molar-refractivity contribution is 5.31. The molecule has 1 fully saturated rings. The Balaban J connectivity index is 2.26. The van der Waals surface area contributed by atoms with E-state index in [2.05, 4.69) is 45.9 Å². The van der Waals surface area contributed by atoms with Crippen molar-refractivity contribution in [2.45, 2.75) is 59.4 Å². The molecule has 0 bridgehead atoms. The summed E-state index contributed by atoms with van der Waals surface area (Å²) in [6, 6.07) is 6.95. The third kappa shape index (κ3) is 2.77. The second-order valence-corrected chi connectivity index (χ2v) is 6.79. The van der Waals surface area contributed by atoms with Crippen LogP contribution in [0, 0.1) is 25.2 Å². The van der Waals surface area contributed by atoms with Crippen LogP contribution in [-0.2, 0) is 0 Å². The van der Waals surface area contributed by atoms with E-state index in [0.29, 0.717) is 11.3 Å². The standard InChI is InChI=1S/C17H27N/c1-12-9-13(2)11-14(10-12)16(18)15-7-5-6-8-17(15,3)4/h9-11,15-16H,5-8,18H2,1-4H3. The molecule has 2 rings (SSSR count). The molecule has 1 aromatic carbocycles. The SMILES string of the molecule is Cc1cc(C)cc(C(N)C2CCCCC2(C)C)c1. The Morgan fingerprint density at radius 3 is 2.28 bits per heavy atom. The molecule has 0 amide bonds. The van der Waals surface area contributed by atoms with Crippen molar-refractivity contribution in [3.63, 3.8) is 0 Å². The van der Waals surface area contributed by atoms with Gasteiger partial charge in [-0.2, -0.15) is 0 Å². The van der Waals surface area contributed by atoms with Crippen LogP contribution in [0.15, 0.2) is 18.2 Å². The van der Waals surface area contributed by atoms with Gasteiger partial charge in [0.2, 0.25) is 0 Å². The Morgan fingerprint density at radius 2 is 1.72 bits per heavy atom. The molecule has 1 nitrogen and oxygen atoms in total. The van der Waals surface area contributed by atoms with Crippen molar-refractivity contribution in [3.05, 3.63) is 34.9 Å². The Bertz CT molecular complexity index is 399. The first-order chi connectivity index (χ1) is 8.40. The Hall–Kier alpha value is -0.820. The lowest BCUT2D eigenvalue weighted by atomic mass is 9.65. The molecule has 2 atom stereocenters. The summed E-state index contributed by atoms with van der Waals surface area (Å²) >= 11 is 0. The van der Waals surface area contributed by atoms with Crippen LogP contribution >= 0.6 is 0 Å². The molecule has 2 unspecified atom stereocenters. The van der Waals surface area contributed by atoms with Gasteiger partial charge >= 0.3 is 0 Å². The summed E-state index contributed by atoms with van der Waals surface area (Å²) in [5.74, 6) is 0.618. The zero-order valence-corrected chi connectivity index (χ0v) is 12.3. The van der Waals surface area contributed by atoms with Crippen molar-refractivity contribution in [3.8, 4) is 0 Å². The first kappa shape index (κ1) is 13.6. The van der Waals surface area contributed by atoms with Crippen LogP contribution in [0.1, 0.15) is 62.3 Å². The normalized spacial score (nSPS) is 24.8. The molecule has 1 aliphatic rings. The van der Waals surface area contributed by atoms with Gasteiger partial charge in [-0.1, -0.05) is 56.0 Å². The minimum absolute atomic E-state index is 0.193. The van der Waals surface area contributed by atoms with Gasteiger partial charge in [-0.3, -0.25) is 0 Å². The van der Waals surface area contributed by atoms with Crippen molar-refractivity contribution in [1.29, 1.82) is 0 Å². The van der Waals surface area contributed by atoms with E-state index in [1.807, 2.05) is 0 Å². The Labute approximate surface area is 112 Å². The third-order valence-electron chi connectivity index (χ3n) is 4.65. The molecule has 100 valence electrons. The minimum Gasteiger partial charge on any atom is -0.324 e. The molecule has 2 N–H and O–H groups in total. The van der Waals surface area contributed by atoms with E-state index in [-0.39, 0.29) is 6.04 Å². The first-order valence-electron chi connectivity index (χ1n) is 7.24.